The molecule has 3 aromatic rings. The van der Waals surface area contributed by atoms with Gasteiger partial charge in [-0.3, -0.25) is 0 Å². The molecule has 0 aliphatic carbocycles. The summed E-state index contributed by atoms with van der Waals surface area (Å²) < 4.78 is 1.05. The van der Waals surface area contributed by atoms with Gasteiger partial charge in [0.2, 0.25) is 0 Å². The summed E-state index contributed by atoms with van der Waals surface area (Å²) in [5.41, 5.74) is 10.4. The molecule has 2 N–H and O–H groups in total. The molecule has 4 rings (SSSR count). The summed E-state index contributed by atoms with van der Waals surface area (Å²) >= 11 is 5.43. The van der Waals surface area contributed by atoms with E-state index in [0.29, 0.717) is 0 Å². The Morgan fingerprint density at radius 2 is 1.45 bits per heavy atom. The third-order valence-electron chi connectivity index (χ3n) is 3.67. The van der Waals surface area contributed by atoms with Crippen molar-refractivity contribution in [2.24, 2.45) is 0 Å². The highest BCUT2D eigenvalue weighted by molar-refractivity contribution is 9.10. The Morgan fingerprint density at radius 3 is 2.27 bits per heavy atom. The molecular formula is C18H13BrN2S. The predicted molar refractivity (Wildman–Crippen MR) is 97.4 cm³/mol. The highest BCUT2D eigenvalue weighted by atomic mass is 79.9. The summed E-state index contributed by atoms with van der Waals surface area (Å²) in [6.07, 6.45) is 0. The normalized spacial score (nSPS) is 12.7. The molecule has 0 fully saturated rings. The van der Waals surface area contributed by atoms with Crippen molar-refractivity contribution < 1.29 is 0 Å². The Labute approximate surface area is 142 Å². The number of hydrogen-bond donors (Lipinski definition) is 1. The van der Waals surface area contributed by atoms with Crippen LogP contribution in [0.25, 0.3) is 0 Å². The van der Waals surface area contributed by atoms with E-state index >= 15 is 0 Å². The number of para-hydroxylation sites is 3. The number of fused-ring (bicyclic) bond motifs is 2. The van der Waals surface area contributed by atoms with Crippen molar-refractivity contribution in [3.05, 3.63) is 71.2 Å². The molecular weight excluding hydrogens is 356 g/mol. The highest BCUT2D eigenvalue weighted by Gasteiger charge is 2.27. The van der Waals surface area contributed by atoms with Gasteiger partial charge in [-0.2, -0.15) is 0 Å². The van der Waals surface area contributed by atoms with Crippen LogP contribution in [0.4, 0.5) is 22.7 Å². The molecule has 0 saturated heterocycles. The third-order valence-corrected chi connectivity index (χ3v) is 5.46. The van der Waals surface area contributed by atoms with Crippen molar-refractivity contribution in [1.29, 1.82) is 0 Å². The van der Waals surface area contributed by atoms with Crippen LogP contribution in [-0.2, 0) is 0 Å². The fourth-order valence-corrected chi connectivity index (χ4v) is 4.27. The second kappa shape index (κ2) is 5.38. The molecule has 4 heteroatoms. The average molecular weight is 369 g/mol. The minimum atomic E-state index is 0.787. The van der Waals surface area contributed by atoms with Gasteiger partial charge in [0.15, 0.2) is 0 Å². The average Bonchev–Trinajstić information content (AvgIpc) is 2.54. The van der Waals surface area contributed by atoms with Crippen LogP contribution in [0.15, 0.2) is 81.0 Å². The van der Waals surface area contributed by atoms with Crippen LogP contribution in [0.1, 0.15) is 0 Å². The second-order valence-electron chi connectivity index (χ2n) is 5.05. The maximum absolute atomic E-state index is 6.31. The Kier molecular flexibility index (Phi) is 3.36. The van der Waals surface area contributed by atoms with E-state index in [1.165, 1.54) is 9.79 Å². The lowest BCUT2D eigenvalue weighted by Gasteiger charge is -2.34. The van der Waals surface area contributed by atoms with Crippen molar-refractivity contribution in [3.63, 3.8) is 0 Å². The van der Waals surface area contributed by atoms with E-state index in [2.05, 4.69) is 63.3 Å². The molecule has 0 bridgehead atoms. The molecule has 2 nitrogen and oxygen atoms in total. The second-order valence-corrected chi connectivity index (χ2v) is 6.99. The van der Waals surface area contributed by atoms with Crippen LogP contribution in [-0.4, -0.2) is 0 Å². The molecule has 0 amide bonds. The zero-order valence-electron chi connectivity index (χ0n) is 11.7. The molecule has 3 aromatic carbocycles. The summed E-state index contributed by atoms with van der Waals surface area (Å²) in [5, 5.41) is 0. The van der Waals surface area contributed by atoms with Crippen molar-refractivity contribution in [2.75, 3.05) is 10.6 Å². The minimum absolute atomic E-state index is 0.787. The van der Waals surface area contributed by atoms with E-state index in [1.807, 2.05) is 24.3 Å². The smallest absolute Gasteiger partial charge is 0.0832 e. The van der Waals surface area contributed by atoms with Gasteiger partial charge in [-0.15, -0.1) is 0 Å². The zero-order valence-corrected chi connectivity index (χ0v) is 14.1. The van der Waals surface area contributed by atoms with Crippen molar-refractivity contribution in [1.82, 2.24) is 0 Å². The molecule has 22 heavy (non-hydrogen) atoms. The molecule has 0 aromatic heterocycles. The zero-order chi connectivity index (χ0) is 15.1. The van der Waals surface area contributed by atoms with Crippen LogP contribution in [0.5, 0.6) is 0 Å². The van der Waals surface area contributed by atoms with Gasteiger partial charge < -0.3 is 10.6 Å². The minimum Gasteiger partial charge on any atom is -0.397 e. The SMILES string of the molecule is Nc1cccc2c1N(c1ccccc1Br)c1ccccc1S2. The van der Waals surface area contributed by atoms with Gasteiger partial charge in [-0.25, -0.2) is 0 Å². The lowest BCUT2D eigenvalue weighted by atomic mass is 10.1. The number of benzene rings is 3. The fraction of sp³-hybridized carbons (Fsp3) is 0. The van der Waals surface area contributed by atoms with Gasteiger partial charge in [0.05, 0.1) is 22.7 Å². The molecule has 0 unspecified atom stereocenters. The molecule has 0 radical (unpaired) electrons. The fourth-order valence-electron chi connectivity index (χ4n) is 2.71. The van der Waals surface area contributed by atoms with E-state index < -0.39 is 0 Å². The van der Waals surface area contributed by atoms with E-state index in [1.54, 1.807) is 11.8 Å². The monoisotopic (exact) mass is 368 g/mol. The van der Waals surface area contributed by atoms with Crippen molar-refractivity contribution in [3.8, 4) is 0 Å². The summed E-state index contributed by atoms with van der Waals surface area (Å²) in [7, 11) is 0. The topological polar surface area (TPSA) is 29.3 Å². The first kappa shape index (κ1) is 13.7. The predicted octanol–water partition coefficient (Wildman–Crippen LogP) is 5.97. The maximum atomic E-state index is 6.31. The summed E-state index contributed by atoms with van der Waals surface area (Å²) in [6.45, 7) is 0. The van der Waals surface area contributed by atoms with Crippen LogP contribution in [0.2, 0.25) is 0 Å². The molecule has 1 aliphatic rings. The number of nitrogen functional groups attached to an aromatic ring is 1. The molecule has 1 aliphatic heterocycles. The first-order chi connectivity index (χ1) is 10.8. The summed E-state index contributed by atoms with van der Waals surface area (Å²) in [6, 6.07) is 22.7. The van der Waals surface area contributed by atoms with Crippen molar-refractivity contribution >= 4 is 50.4 Å². The first-order valence-electron chi connectivity index (χ1n) is 6.96. The van der Waals surface area contributed by atoms with Crippen LogP contribution in [0, 0.1) is 0 Å². The first-order valence-corrected chi connectivity index (χ1v) is 8.56. The van der Waals surface area contributed by atoms with Gasteiger partial charge in [-0.05, 0) is 52.3 Å². The molecule has 1 heterocycles. The maximum Gasteiger partial charge on any atom is 0.0832 e. The largest absolute Gasteiger partial charge is 0.397 e. The van der Waals surface area contributed by atoms with Crippen molar-refractivity contribution in [2.45, 2.75) is 9.79 Å². The molecule has 0 spiro atoms. The van der Waals surface area contributed by atoms with Crippen LogP contribution in [0.3, 0.4) is 0 Å². The molecule has 0 saturated carbocycles. The lowest BCUT2D eigenvalue weighted by Crippen LogP contribution is -2.16. The number of nitrogens with zero attached hydrogens (tertiary/aromatic N) is 1. The van der Waals surface area contributed by atoms with Gasteiger partial charge in [-0.1, -0.05) is 42.1 Å². The number of anilines is 4. The highest BCUT2D eigenvalue weighted by Crippen LogP contribution is 2.54. The number of hydrogen-bond acceptors (Lipinski definition) is 3. The van der Waals surface area contributed by atoms with Crippen LogP contribution < -0.4 is 10.6 Å². The summed E-state index contributed by atoms with van der Waals surface area (Å²) in [4.78, 5) is 4.64. The molecule has 0 atom stereocenters. The quantitative estimate of drug-likeness (QED) is 0.420. The Balaban J connectivity index is 2.04. The van der Waals surface area contributed by atoms with Gasteiger partial charge in [0.25, 0.3) is 0 Å². The van der Waals surface area contributed by atoms with E-state index in [0.717, 1.165) is 27.2 Å². The van der Waals surface area contributed by atoms with E-state index in [9.17, 15) is 0 Å². The number of nitrogens with two attached hydrogens (primary N) is 1. The van der Waals surface area contributed by atoms with Crippen LogP contribution >= 0.6 is 27.7 Å². The number of halogens is 1. The Morgan fingerprint density at radius 1 is 0.773 bits per heavy atom. The van der Waals surface area contributed by atoms with Gasteiger partial charge in [0, 0.05) is 14.3 Å². The lowest BCUT2D eigenvalue weighted by molar-refractivity contribution is 1.16. The van der Waals surface area contributed by atoms with E-state index in [4.69, 9.17) is 5.73 Å². The number of rotatable bonds is 1. The third kappa shape index (κ3) is 2.11. The summed E-state index contributed by atoms with van der Waals surface area (Å²) in [5.74, 6) is 0. The Hall–Kier alpha value is -1.91. The molecule has 108 valence electrons. The Bertz CT molecular complexity index is 852. The van der Waals surface area contributed by atoms with Gasteiger partial charge in [0.1, 0.15) is 0 Å². The van der Waals surface area contributed by atoms with Gasteiger partial charge >= 0.3 is 0 Å². The van der Waals surface area contributed by atoms with E-state index in [-0.39, 0.29) is 0 Å². The standard InChI is InChI=1S/C18H13BrN2S/c19-12-6-1-2-8-14(12)21-15-9-3-4-10-16(15)22-17-11-5-7-13(20)18(17)21/h1-11H,20H2.